The van der Waals surface area contributed by atoms with Gasteiger partial charge in [-0.15, -0.1) is 10.2 Å². The minimum absolute atomic E-state index is 0.00163. The number of rotatable bonds is 8. The Labute approximate surface area is 213 Å². The van der Waals surface area contributed by atoms with Crippen LogP contribution in [-0.4, -0.2) is 51.1 Å². The van der Waals surface area contributed by atoms with Gasteiger partial charge >= 0.3 is 0 Å². The Morgan fingerprint density at radius 3 is 2.73 bits per heavy atom. The summed E-state index contributed by atoms with van der Waals surface area (Å²) in [6.07, 6.45) is 9.86. The molecule has 37 heavy (non-hydrogen) atoms. The van der Waals surface area contributed by atoms with Gasteiger partial charge in [0.05, 0.1) is 36.3 Å². The van der Waals surface area contributed by atoms with Crippen LogP contribution in [0.3, 0.4) is 0 Å². The highest BCUT2D eigenvalue weighted by Gasteiger charge is 2.51. The van der Waals surface area contributed by atoms with Crippen LogP contribution in [0.5, 0.6) is 5.75 Å². The second-order valence-electron chi connectivity index (χ2n) is 9.91. The van der Waals surface area contributed by atoms with E-state index in [0.717, 1.165) is 56.3 Å². The third-order valence-corrected chi connectivity index (χ3v) is 7.53. The molecule has 2 atom stereocenters. The average Bonchev–Trinajstić information content (AvgIpc) is 3.40. The highest BCUT2D eigenvalue weighted by molar-refractivity contribution is 5.99. The summed E-state index contributed by atoms with van der Waals surface area (Å²) >= 11 is 0. The van der Waals surface area contributed by atoms with E-state index >= 15 is 0 Å². The lowest BCUT2D eigenvalue weighted by atomic mass is 9.73. The molecule has 1 spiro atoms. The molecule has 3 heterocycles. The van der Waals surface area contributed by atoms with E-state index in [1.165, 1.54) is 0 Å². The van der Waals surface area contributed by atoms with Crippen molar-refractivity contribution in [1.82, 2.24) is 20.0 Å². The number of benzene rings is 1. The number of nitrogens with two attached hydrogens (primary N) is 1. The van der Waals surface area contributed by atoms with Crippen molar-refractivity contribution in [1.29, 1.82) is 0 Å². The zero-order valence-corrected chi connectivity index (χ0v) is 20.6. The lowest BCUT2D eigenvalue weighted by Crippen LogP contribution is -2.47. The van der Waals surface area contributed by atoms with Crippen LogP contribution in [0, 0.1) is 5.92 Å². The number of methoxy groups -OCH3 is 1. The number of anilines is 3. The molecule has 192 valence electrons. The SMILES string of the molecule is COc1c(Nc2cc(NC(=O)C3CC3)nnc2C(N)=O)cccc1-c1cnn(C2CCC23CCCO3)c1. The standard InChI is InChI=1S/C26H29N7O4/c1-36-23-17(16-13-28-33(14-16)20-8-10-26(20)9-3-11-37-26)4-2-5-18(23)29-19-12-21(30-25(35)15-6-7-15)31-32-22(19)24(27)34/h2,4-5,12-15,20H,3,6-11H2,1H3,(H2,27,34)(H2,29,30,31,35). The molecular weight excluding hydrogens is 474 g/mol. The van der Waals surface area contributed by atoms with Crippen LogP contribution in [0.1, 0.15) is 55.1 Å². The van der Waals surface area contributed by atoms with E-state index in [2.05, 4.69) is 25.9 Å². The van der Waals surface area contributed by atoms with Gasteiger partial charge in [-0.2, -0.15) is 5.10 Å². The molecule has 2 aliphatic carbocycles. The third-order valence-electron chi connectivity index (χ3n) is 7.53. The first-order chi connectivity index (χ1) is 18.0. The molecule has 2 aromatic heterocycles. The summed E-state index contributed by atoms with van der Waals surface area (Å²) in [6, 6.07) is 7.45. The predicted molar refractivity (Wildman–Crippen MR) is 136 cm³/mol. The average molecular weight is 504 g/mol. The van der Waals surface area contributed by atoms with Crippen molar-refractivity contribution in [3.05, 3.63) is 42.4 Å². The van der Waals surface area contributed by atoms with Crippen LogP contribution in [0.4, 0.5) is 17.2 Å². The highest BCUT2D eigenvalue weighted by atomic mass is 16.5. The fourth-order valence-corrected chi connectivity index (χ4v) is 5.33. The van der Waals surface area contributed by atoms with Gasteiger partial charge in [0.25, 0.3) is 5.91 Å². The Morgan fingerprint density at radius 2 is 2.05 bits per heavy atom. The Kier molecular flexibility index (Phi) is 5.79. The zero-order chi connectivity index (χ0) is 25.6. The van der Waals surface area contributed by atoms with Gasteiger partial charge in [-0.05, 0) is 44.6 Å². The number of para-hydroxylation sites is 1. The van der Waals surface area contributed by atoms with E-state index in [0.29, 0.717) is 17.1 Å². The van der Waals surface area contributed by atoms with E-state index in [9.17, 15) is 9.59 Å². The van der Waals surface area contributed by atoms with Crippen molar-refractivity contribution < 1.29 is 19.1 Å². The number of hydrogen-bond donors (Lipinski definition) is 3. The molecule has 1 aliphatic heterocycles. The van der Waals surface area contributed by atoms with Crippen LogP contribution in [0.15, 0.2) is 36.7 Å². The molecule has 3 aromatic rings. The Bertz CT molecular complexity index is 1360. The van der Waals surface area contributed by atoms with Crippen LogP contribution in [-0.2, 0) is 9.53 Å². The molecule has 3 fully saturated rings. The van der Waals surface area contributed by atoms with Gasteiger partial charge in [0.2, 0.25) is 5.91 Å². The molecule has 0 radical (unpaired) electrons. The van der Waals surface area contributed by atoms with Crippen molar-refractivity contribution in [2.75, 3.05) is 24.4 Å². The Morgan fingerprint density at radius 1 is 1.19 bits per heavy atom. The molecule has 0 bridgehead atoms. The third kappa shape index (κ3) is 4.29. The number of ether oxygens (including phenoxy) is 2. The number of primary amides is 1. The molecule has 2 amide bonds. The second-order valence-corrected chi connectivity index (χ2v) is 9.91. The Balaban J connectivity index is 1.29. The molecule has 6 rings (SSSR count). The van der Waals surface area contributed by atoms with Crippen molar-refractivity contribution in [2.24, 2.45) is 11.7 Å². The minimum atomic E-state index is -0.741. The fraction of sp³-hybridized carbons (Fsp3) is 0.423. The van der Waals surface area contributed by atoms with Crippen molar-refractivity contribution >= 4 is 29.0 Å². The van der Waals surface area contributed by atoms with Crippen molar-refractivity contribution in [3.8, 4) is 16.9 Å². The molecule has 11 nitrogen and oxygen atoms in total. The van der Waals surface area contributed by atoms with Crippen LogP contribution >= 0.6 is 0 Å². The van der Waals surface area contributed by atoms with Gasteiger partial charge in [0.15, 0.2) is 11.5 Å². The predicted octanol–water partition coefficient (Wildman–Crippen LogP) is 3.42. The summed E-state index contributed by atoms with van der Waals surface area (Å²) in [6.45, 7) is 0.815. The molecule has 1 saturated heterocycles. The van der Waals surface area contributed by atoms with E-state index in [-0.39, 0.29) is 35.0 Å². The normalized spacial score (nSPS) is 22.5. The molecule has 2 saturated carbocycles. The largest absolute Gasteiger partial charge is 0.494 e. The molecular formula is C26H29N7O4. The van der Waals surface area contributed by atoms with Gasteiger partial charge in [-0.1, -0.05) is 12.1 Å². The van der Waals surface area contributed by atoms with E-state index < -0.39 is 5.91 Å². The van der Waals surface area contributed by atoms with Gasteiger partial charge < -0.3 is 25.8 Å². The fourth-order valence-electron chi connectivity index (χ4n) is 5.33. The number of nitrogens with zero attached hydrogens (tertiary/aromatic N) is 4. The van der Waals surface area contributed by atoms with E-state index in [4.69, 9.17) is 15.2 Å². The monoisotopic (exact) mass is 503 g/mol. The summed E-state index contributed by atoms with van der Waals surface area (Å²) in [5.41, 5.74) is 8.08. The molecule has 1 aromatic carbocycles. The topological polar surface area (TPSA) is 146 Å². The number of carbonyl (C=O) groups excluding carboxylic acids is 2. The number of nitrogens with one attached hydrogen (secondary N) is 2. The van der Waals surface area contributed by atoms with E-state index in [1.54, 1.807) is 13.2 Å². The molecule has 11 heteroatoms. The maximum Gasteiger partial charge on any atom is 0.271 e. The summed E-state index contributed by atoms with van der Waals surface area (Å²) in [5, 5.41) is 18.5. The smallest absolute Gasteiger partial charge is 0.271 e. The maximum absolute atomic E-state index is 12.2. The number of carbonyl (C=O) groups is 2. The van der Waals surface area contributed by atoms with Crippen LogP contribution in [0.2, 0.25) is 0 Å². The van der Waals surface area contributed by atoms with E-state index in [1.807, 2.05) is 35.3 Å². The first kappa shape index (κ1) is 23.4. The summed E-state index contributed by atoms with van der Waals surface area (Å²) in [4.78, 5) is 24.2. The number of hydrogen-bond acceptors (Lipinski definition) is 8. The lowest BCUT2D eigenvalue weighted by Gasteiger charge is -2.45. The first-order valence-electron chi connectivity index (χ1n) is 12.6. The van der Waals surface area contributed by atoms with Crippen molar-refractivity contribution in [2.45, 2.75) is 50.2 Å². The van der Waals surface area contributed by atoms with Crippen molar-refractivity contribution in [3.63, 3.8) is 0 Å². The highest BCUT2D eigenvalue weighted by Crippen LogP contribution is 2.51. The second kappa shape index (κ2) is 9.15. The summed E-state index contributed by atoms with van der Waals surface area (Å²) in [7, 11) is 1.59. The van der Waals surface area contributed by atoms with Crippen LogP contribution < -0.4 is 21.1 Å². The number of aromatic nitrogens is 4. The quantitative estimate of drug-likeness (QED) is 0.424. The molecule has 2 unspecified atom stereocenters. The molecule has 4 N–H and O–H groups in total. The van der Waals surface area contributed by atoms with Gasteiger partial charge in [-0.3, -0.25) is 14.3 Å². The molecule has 3 aliphatic rings. The van der Waals surface area contributed by atoms with Gasteiger partial charge in [0, 0.05) is 35.9 Å². The minimum Gasteiger partial charge on any atom is -0.494 e. The summed E-state index contributed by atoms with van der Waals surface area (Å²) in [5.74, 6) is -0.0423. The Hall–Kier alpha value is -3.99. The zero-order valence-electron chi connectivity index (χ0n) is 20.6. The first-order valence-corrected chi connectivity index (χ1v) is 12.6. The van der Waals surface area contributed by atoms with Crippen LogP contribution in [0.25, 0.3) is 11.1 Å². The number of amides is 2. The van der Waals surface area contributed by atoms with Gasteiger partial charge in [0.1, 0.15) is 5.75 Å². The van der Waals surface area contributed by atoms with Gasteiger partial charge in [-0.25, -0.2) is 0 Å². The maximum atomic E-state index is 12.2. The lowest BCUT2D eigenvalue weighted by molar-refractivity contribution is -0.117. The summed E-state index contributed by atoms with van der Waals surface area (Å²) < 4.78 is 13.9.